The van der Waals surface area contributed by atoms with Crippen LogP contribution >= 0.6 is 15.9 Å². The topological polar surface area (TPSA) is 32.7 Å². The SMILES string of the molecule is O=C(c1ccc2ccccc2c1Br)N(C1CC1)C1CCC2=C(C=NC2)C1. The summed E-state index contributed by atoms with van der Waals surface area (Å²) in [5, 5.41) is 2.26. The Bertz CT molecular complexity index is 958. The Kier molecular flexibility index (Phi) is 3.96. The fourth-order valence-electron chi connectivity index (χ4n) is 4.35. The minimum atomic E-state index is 0.175. The van der Waals surface area contributed by atoms with Gasteiger partial charge in [-0.2, -0.15) is 0 Å². The predicted molar refractivity (Wildman–Crippen MR) is 109 cm³/mol. The summed E-state index contributed by atoms with van der Waals surface area (Å²) in [6.07, 6.45) is 7.40. The molecule has 1 fully saturated rings. The molecule has 3 nitrogen and oxygen atoms in total. The third kappa shape index (κ3) is 2.71. The predicted octanol–water partition coefficient (Wildman–Crippen LogP) is 5.14. The van der Waals surface area contributed by atoms with E-state index >= 15 is 0 Å². The number of hydrogen-bond donors (Lipinski definition) is 0. The Hall–Kier alpha value is -1.94. The van der Waals surface area contributed by atoms with Crippen molar-refractivity contribution >= 4 is 38.8 Å². The molecule has 2 aromatic rings. The molecule has 1 aliphatic heterocycles. The summed E-state index contributed by atoms with van der Waals surface area (Å²) in [5.41, 5.74) is 3.64. The van der Waals surface area contributed by atoms with Crippen LogP contribution in [0.5, 0.6) is 0 Å². The zero-order chi connectivity index (χ0) is 17.7. The lowest BCUT2D eigenvalue weighted by Crippen LogP contribution is -2.43. The second-order valence-electron chi connectivity index (χ2n) is 7.59. The van der Waals surface area contributed by atoms with Crippen LogP contribution in [0.3, 0.4) is 0 Å². The van der Waals surface area contributed by atoms with Crippen LogP contribution in [-0.4, -0.2) is 35.7 Å². The normalized spacial score (nSPS) is 22.0. The van der Waals surface area contributed by atoms with Gasteiger partial charge in [0.05, 0.1) is 12.1 Å². The quantitative estimate of drug-likeness (QED) is 0.691. The lowest BCUT2D eigenvalue weighted by molar-refractivity contribution is 0.0644. The maximum absolute atomic E-state index is 13.5. The van der Waals surface area contributed by atoms with Crippen molar-refractivity contribution in [1.82, 2.24) is 4.90 Å². The van der Waals surface area contributed by atoms with Gasteiger partial charge in [-0.1, -0.05) is 30.3 Å². The van der Waals surface area contributed by atoms with Gasteiger partial charge in [0.15, 0.2) is 0 Å². The molecule has 2 aromatic carbocycles. The fraction of sp³-hybridized carbons (Fsp3) is 0.364. The number of hydrogen-bond acceptors (Lipinski definition) is 2. The van der Waals surface area contributed by atoms with Crippen molar-refractivity contribution < 1.29 is 4.79 Å². The zero-order valence-electron chi connectivity index (χ0n) is 14.6. The molecule has 0 saturated heterocycles. The molecular formula is C22H21BrN2O. The van der Waals surface area contributed by atoms with Crippen LogP contribution in [0.25, 0.3) is 10.8 Å². The van der Waals surface area contributed by atoms with E-state index in [0.29, 0.717) is 12.1 Å². The number of benzene rings is 2. The monoisotopic (exact) mass is 408 g/mol. The van der Waals surface area contributed by atoms with Crippen molar-refractivity contribution in [3.05, 3.63) is 57.6 Å². The standard InChI is InChI=1S/C22H21BrN2O/c23-21-19-4-2-1-3-14(19)6-10-20(21)22(26)25(17-8-9-17)18-7-5-15-12-24-13-16(15)11-18/h1-4,6,10,13,17-18H,5,7-9,11-12H2. The molecule has 0 spiro atoms. The van der Waals surface area contributed by atoms with E-state index in [1.807, 2.05) is 24.4 Å². The number of fused-ring (bicyclic) bond motifs is 1. The Morgan fingerprint density at radius 2 is 1.92 bits per heavy atom. The highest BCUT2D eigenvalue weighted by Crippen LogP contribution is 2.39. The van der Waals surface area contributed by atoms with Gasteiger partial charge in [-0.05, 0) is 76.0 Å². The zero-order valence-corrected chi connectivity index (χ0v) is 16.2. The number of carbonyl (C=O) groups excluding carboxylic acids is 1. The van der Waals surface area contributed by atoms with Crippen LogP contribution < -0.4 is 0 Å². The first-order chi connectivity index (χ1) is 12.7. The Morgan fingerprint density at radius 3 is 2.77 bits per heavy atom. The molecular weight excluding hydrogens is 388 g/mol. The number of aliphatic imine (C=N–C) groups is 1. The van der Waals surface area contributed by atoms with E-state index in [-0.39, 0.29) is 5.91 Å². The molecule has 0 bridgehead atoms. The lowest BCUT2D eigenvalue weighted by atomic mass is 9.88. The third-order valence-electron chi connectivity index (χ3n) is 5.88. The van der Waals surface area contributed by atoms with Gasteiger partial charge in [0.25, 0.3) is 5.91 Å². The van der Waals surface area contributed by atoms with Crippen LogP contribution in [0.4, 0.5) is 0 Å². The molecule has 1 amide bonds. The molecule has 132 valence electrons. The number of halogens is 1. The summed E-state index contributed by atoms with van der Waals surface area (Å²) in [6, 6.07) is 13.0. The van der Waals surface area contributed by atoms with Gasteiger partial charge in [0.2, 0.25) is 0 Å². The van der Waals surface area contributed by atoms with E-state index < -0.39 is 0 Å². The molecule has 0 aromatic heterocycles. The van der Waals surface area contributed by atoms with E-state index in [2.05, 4.69) is 44.0 Å². The highest BCUT2D eigenvalue weighted by Gasteiger charge is 2.40. The molecule has 1 atom stereocenters. The van der Waals surface area contributed by atoms with Crippen molar-refractivity contribution in [1.29, 1.82) is 0 Å². The van der Waals surface area contributed by atoms with Crippen LogP contribution in [-0.2, 0) is 0 Å². The largest absolute Gasteiger partial charge is 0.332 e. The van der Waals surface area contributed by atoms with Crippen LogP contribution in [0, 0.1) is 0 Å². The van der Waals surface area contributed by atoms with E-state index in [1.165, 1.54) is 11.1 Å². The van der Waals surface area contributed by atoms with Gasteiger partial charge in [-0.25, -0.2) is 0 Å². The average molecular weight is 409 g/mol. The molecule has 3 aliphatic rings. The average Bonchev–Trinajstić information content (AvgIpc) is 3.38. The summed E-state index contributed by atoms with van der Waals surface area (Å²) >= 11 is 3.71. The second-order valence-corrected chi connectivity index (χ2v) is 8.38. The summed E-state index contributed by atoms with van der Waals surface area (Å²) < 4.78 is 0.921. The number of carbonyl (C=O) groups is 1. The van der Waals surface area contributed by atoms with Crippen LogP contribution in [0.2, 0.25) is 0 Å². The van der Waals surface area contributed by atoms with Crippen molar-refractivity contribution in [3.63, 3.8) is 0 Å². The number of amides is 1. The van der Waals surface area contributed by atoms with Gasteiger partial charge in [-0.15, -0.1) is 0 Å². The van der Waals surface area contributed by atoms with Gasteiger partial charge in [0, 0.05) is 22.8 Å². The number of nitrogens with zero attached hydrogens (tertiary/aromatic N) is 2. The van der Waals surface area contributed by atoms with Gasteiger partial charge < -0.3 is 4.90 Å². The van der Waals surface area contributed by atoms with E-state index in [1.54, 1.807) is 0 Å². The molecule has 0 radical (unpaired) electrons. The van der Waals surface area contributed by atoms with E-state index in [4.69, 9.17) is 0 Å². The summed E-state index contributed by atoms with van der Waals surface area (Å²) in [6.45, 7) is 0.871. The maximum Gasteiger partial charge on any atom is 0.255 e. The summed E-state index contributed by atoms with van der Waals surface area (Å²) in [5.74, 6) is 0.175. The molecule has 2 aliphatic carbocycles. The minimum Gasteiger partial charge on any atom is -0.332 e. The summed E-state index contributed by atoms with van der Waals surface area (Å²) in [4.78, 5) is 20.1. The Balaban J connectivity index is 1.49. The smallest absolute Gasteiger partial charge is 0.255 e. The molecule has 4 heteroatoms. The molecule has 1 heterocycles. The van der Waals surface area contributed by atoms with Crippen molar-refractivity contribution in [2.45, 2.75) is 44.2 Å². The van der Waals surface area contributed by atoms with E-state index in [0.717, 1.165) is 59.5 Å². The number of rotatable bonds is 3. The Morgan fingerprint density at radius 1 is 1.08 bits per heavy atom. The van der Waals surface area contributed by atoms with Gasteiger partial charge in [-0.3, -0.25) is 9.79 Å². The van der Waals surface area contributed by atoms with E-state index in [9.17, 15) is 4.79 Å². The van der Waals surface area contributed by atoms with Crippen molar-refractivity contribution in [2.24, 2.45) is 4.99 Å². The van der Waals surface area contributed by atoms with Crippen LogP contribution in [0.1, 0.15) is 42.5 Å². The van der Waals surface area contributed by atoms with Crippen LogP contribution in [0.15, 0.2) is 57.0 Å². The van der Waals surface area contributed by atoms with Crippen molar-refractivity contribution in [2.75, 3.05) is 6.54 Å². The molecule has 26 heavy (non-hydrogen) atoms. The Labute approximate surface area is 161 Å². The molecule has 1 unspecified atom stereocenters. The minimum absolute atomic E-state index is 0.175. The lowest BCUT2D eigenvalue weighted by Gasteiger charge is -2.35. The third-order valence-corrected chi connectivity index (χ3v) is 6.73. The highest BCUT2D eigenvalue weighted by molar-refractivity contribution is 9.10. The van der Waals surface area contributed by atoms with Gasteiger partial charge in [0.1, 0.15) is 0 Å². The maximum atomic E-state index is 13.5. The first-order valence-electron chi connectivity index (χ1n) is 9.43. The molecule has 5 rings (SSSR count). The molecule has 0 N–H and O–H groups in total. The molecule has 1 saturated carbocycles. The highest BCUT2D eigenvalue weighted by atomic mass is 79.9. The van der Waals surface area contributed by atoms with Gasteiger partial charge >= 0.3 is 0 Å². The fourth-order valence-corrected chi connectivity index (χ4v) is 5.01. The first kappa shape index (κ1) is 16.2. The van der Waals surface area contributed by atoms with Crippen molar-refractivity contribution in [3.8, 4) is 0 Å². The first-order valence-corrected chi connectivity index (χ1v) is 10.2. The summed E-state index contributed by atoms with van der Waals surface area (Å²) in [7, 11) is 0. The second kappa shape index (κ2) is 6.34.